The molecule has 0 N–H and O–H groups in total. The van der Waals surface area contributed by atoms with Crippen LogP contribution in [0.3, 0.4) is 0 Å². The SMILES string of the molecule is Cc1nnc(-c2ccc(-c3ccc(CN4CCCC4C)cc3)cn2)o1. The highest BCUT2D eigenvalue weighted by atomic mass is 16.4. The maximum Gasteiger partial charge on any atom is 0.266 e. The standard InChI is InChI=1S/C20H22N4O/c1-14-4-3-11-24(14)13-16-5-7-17(8-6-16)18-9-10-19(21-12-18)20-23-22-15(2)25-20/h5-10,12,14H,3-4,11,13H2,1-2H3. The highest BCUT2D eigenvalue weighted by Gasteiger charge is 2.19. The highest BCUT2D eigenvalue weighted by molar-refractivity contribution is 5.64. The molecule has 1 aliphatic heterocycles. The average molecular weight is 334 g/mol. The molecule has 128 valence electrons. The maximum absolute atomic E-state index is 5.41. The van der Waals surface area contributed by atoms with Crippen LogP contribution in [0.2, 0.25) is 0 Å². The molecule has 2 aromatic heterocycles. The number of hydrogen-bond donors (Lipinski definition) is 0. The summed E-state index contributed by atoms with van der Waals surface area (Å²) in [6, 6.07) is 13.4. The average Bonchev–Trinajstić information content (AvgIpc) is 3.25. The molecule has 1 aliphatic rings. The Morgan fingerprint density at radius 1 is 1.08 bits per heavy atom. The molecule has 0 bridgehead atoms. The minimum absolute atomic E-state index is 0.458. The molecule has 25 heavy (non-hydrogen) atoms. The van der Waals surface area contributed by atoms with E-state index in [-0.39, 0.29) is 0 Å². The summed E-state index contributed by atoms with van der Waals surface area (Å²) < 4.78 is 5.41. The van der Waals surface area contributed by atoms with E-state index in [4.69, 9.17) is 4.42 Å². The van der Waals surface area contributed by atoms with Crippen molar-refractivity contribution in [3.8, 4) is 22.7 Å². The molecular weight excluding hydrogens is 312 g/mol. The van der Waals surface area contributed by atoms with E-state index in [0.717, 1.165) is 12.1 Å². The molecule has 0 aliphatic carbocycles. The van der Waals surface area contributed by atoms with E-state index in [0.29, 0.717) is 23.5 Å². The number of nitrogens with zero attached hydrogens (tertiary/aromatic N) is 4. The second kappa shape index (κ2) is 6.76. The van der Waals surface area contributed by atoms with Crippen molar-refractivity contribution >= 4 is 0 Å². The monoisotopic (exact) mass is 334 g/mol. The van der Waals surface area contributed by atoms with E-state index in [9.17, 15) is 0 Å². The van der Waals surface area contributed by atoms with Gasteiger partial charge in [-0.2, -0.15) is 0 Å². The third kappa shape index (κ3) is 3.46. The fourth-order valence-electron chi connectivity index (χ4n) is 3.36. The Morgan fingerprint density at radius 3 is 2.48 bits per heavy atom. The lowest BCUT2D eigenvalue weighted by Gasteiger charge is -2.21. The van der Waals surface area contributed by atoms with Gasteiger partial charge in [0.1, 0.15) is 5.69 Å². The topological polar surface area (TPSA) is 55.1 Å². The van der Waals surface area contributed by atoms with Gasteiger partial charge in [-0.15, -0.1) is 10.2 Å². The van der Waals surface area contributed by atoms with Crippen LogP contribution in [0.25, 0.3) is 22.7 Å². The first-order valence-electron chi connectivity index (χ1n) is 8.79. The third-order valence-electron chi connectivity index (χ3n) is 4.87. The van der Waals surface area contributed by atoms with Gasteiger partial charge in [0.15, 0.2) is 0 Å². The Bertz CT molecular complexity index is 839. The smallest absolute Gasteiger partial charge is 0.266 e. The summed E-state index contributed by atoms with van der Waals surface area (Å²) in [5, 5.41) is 7.84. The van der Waals surface area contributed by atoms with E-state index in [1.165, 1.54) is 30.5 Å². The highest BCUT2D eigenvalue weighted by Crippen LogP contribution is 2.24. The van der Waals surface area contributed by atoms with Gasteiger partial charge in [0.2, 0.25) is 5.89 Å². The number of rotatable bonds is 4. The van der Waals surface area contributed by atoms with Crippen LogP contribution in [0.5, 0.6) is 0 Å². The Labute approximate surface area is 147 Å². The molecule has 1 unspecified atom stereocenters. The molecule has 1 saturated heterocycles. The van der Waals surface area contributed by atoms with Crippen LogP contribution in [0, 0.1) is 6.92 Å². The van der Waals surface area contributed by atoms with Crippen LogP contribution in [0.4, 0.5) is 0 Å². The molecule has 4 rings (SSSR count). The second-order valence-corrected chi connectivity index (χ2v) is 6.72. The van der Waals surface area contributed by atoms with Crippen molar-refractivity contribution in [2.24, 2.45) is 0 Å². The molecule has 0 amide bonds. The summed E-state index contributed by atoms with van der Waals surface area (Å²) in [5.41, 5.74) is 4.31. The predicted octanol–water partition coefficient (Wildman–Crippen LogP) is 4.09. The molecule has 1 aromatic carbocycles. The van der Waals surface area contributed by atoms with Gasteiger partial charge in [-0.1, -0.05) is 30.3 Å². The van der Waals surface area contributed by atoms with E-state index < -0.39 is 0 Å². The van der Waals surface area contributed by atoms with Gasteiger partial charge in [0.25, 0.3) is 5.89 Å². The summed E-state index contributed by atoms with van der Waals surface area (Å²) >= 11 is 0. The number of hydrogen-bond acceptors (Lipinski definition) is 5. The molecule has 0 radical (unpaired) electrons. The molecule has 3 aromatic rings. The molecule has 3 heterocycles. The Hall–Kier alpha value is -2.53. The van der Waals surface area contributed by atoms with E-state index in [1.807, 2.05) is 18.3 Å². The zero-order valence-electron chi connectivity index (χ0n) is 14.6. The quantitative estimate of drug-likeness (QED) is 0.719. The number of aromatic nitrogens is 3. The van der Waals surface area contributed by atoms with Crippen LogP contribution in [0.15, 0.2) is 47.0 Å². The minimum Gasteiger partial charge on any atom is -0.420 e. The van der Waals surface area contributed by atoms with Gasteiger partial charge in [0.05, 0.1) is 0 Å². The number of likely N-dealkylation sites (tertiary alicyclic amines) is 1. The Morgan fingerprint density at radius 2 is 1.88 bits per heavy atom. The van der Waals surface area contributed by atoms with Crippen molar-refractivity contribution in [1.29, 1.82) is 0 Å². The molecular formula is C20H22N4O. The van der Waals surface area contributed by atoms with Crippen molar-refractivity contribution in [2.75, 3.05) is 6.54 Å². The Kier molecular flexibility index (Phi) is 4.32. The molecule has 5 heteroatoms. The fourth-order valence-corrected chi connectivity index (χ4v) is 3.36. The maximum atomic E-state index is 5.41. The summed E-state index contributed by atoms with van der Waals surface area (Å²) in [5.74, 6) is 1.00. The summed E-state index contributed by atoms with van der Waals surface area (Å²) in [7, 11) is 0. The fraction of sp³-hybridized carbons (Fsp3) is 0.350. The lowest BCUT2D eigenvalue weighted by atomic mass is 10.0. The predicted molar refractivity (Wildman–Crippen MR) is 96.8 cm³/mol. The van der Waals surface area contributed by atoms with Gasteiger partial charge >= 0.3 is 0 Å². The second-order valence-electron chi connectivity index (χ2n) is 6.72. The summed E-state index contributed by atoms with van der Waals surface area (Å²) in [6.07, 6.45) is 4.49. The normalized spacial score (nSPS) is 17.9. The molecule has 1 atom stereocenters. The van der Waals surface area contributed by atoms with E-state index in [2.05, 4.69) is 51.3 Å². The van der Waals surface area contributed by atoms with Gasteiger partial charge in [-0.3, -0.25) is 9.88 Å². The van der Waals surface area contributed by atoms with Crippen molar-refractivity contribution in [2.45, 2.75) is 39.3 Å². The Balaban J connectivity index is 1.48. The van der Waals surface area contributed by atoms with Crippen LogP contribution >= 0.6 is 0 Å². The zero-order chi connectivity index (χ0) is 17.2. The first kappa shape index (κ1) is 16.0. The van der Waals surface area contributed by atoms with E-state index >= 15 is 0 Å². The number of pyridine rings is 1. The zero-order valence-corrected chi connectivity index (χ0v) is 14.6. The summed E-state index contributed by atoms with van der Waals surface area (Å²) in [4.78, 5) is 7.00. The van der Waals surface area contributed by atoms with Crippen LogP contribution < -0.4 is 0 Å². The molecule has 0 saturated carbocycles. The first-order chi connectivity index (χ1) is 12.2. The van der Waals surface area contributed by atoms with Crippen LogP contribution in [-0.2, 0) is 6.54 Å². The van der Waals surface area contributed by atoms with Gasteiger partial charge in [-0.05, 0) is 43.5 Å². The van der Waals surface area contributed by atoms with Crippen molar-refractivity contribution in [1.82, 2.24) is 20.1 Å². The van der Waals surface area contributed by atoms with Gasteiger partial charge in [0, 0.05) is 31.3 Å². The van der Waals surface area contributed by atoms with E-state index in [1.54, 1.807) is 6.92 Å². The minimum atomic E-state index is 0.458. The first-order valence-corrected chi connectivity index (χ1v) is 8.79. The number of aryl methyl sites for hydroxylation is 1. The number of benzene rings is 1. The van der Waals surface area contributed by atoms with Gasteiger partial charge < -0.3 is 4.42 Å². The summed E-state index contributed by atoms with van der Waals surface area (Å²) in [6.45, 7) is 6.34. The van der Waals surface area contributed by atoms with Crippen molar-refractivity contribution in [3.63, 3.8) is 0 Å². The van der Waals surface area contributed by atoms with Crippen LogP contribution in [-0.4, -0.2) is 32.7 Å². The molecule has 0 spiro atoms. The van der Waals surface area contributed by atoms with Crippen molar-refractivity contribution < 1.29 is 4.42 Å². The van der Waals surface area contributed by atoms with Crippen LogP contribution in [0.1, 0.15) is 31.2 Å². The molecule has 5 nitrogen and oxygen atoms in total. The van der Waals surface area contributed by atoms with Gasteiger partial charge in [-0.25, -0.2) is 0 Å². The van der Waals surface area contributed by atoms with Crippen molar-refractivity contribution in [3.05, 3.63) is 54.0 Å². The molecule has 1 fully saturated rings. The largest absolute Gasteiger partial charge is 0.420 e. The third-order valence-corrected chi connectivity index (χ3v) is 4.87. The lowest BCUT2D eigenvalue weighted by Crippen LogP contribution is -2.26. The lowest BCUT2D eigenvalue weighted by molar-refractivity contribution is 0.260.